The first-order valence-corrected chi connectivity index (χ1v) is 21.3. The van der Waals surface area contributed by atoms with Gasteiger partial charge in [-0.05, 0) is 154 Å². The fourth-order valence-corrected chi connectivity index (χ4v) is 13.9. The molecule has 0 radical (unpaired) electrons. The van der Waals surface area contributed by atoms with Crippen LogP contribution in [0.4, 0.5) is 4.79 Å². The molecule has 6 aliphatic heterocycles. The third-order valence-electron chi connectivity index (χ3n) is 16.2. The molecule has 10 rings (SSSR count). The molecule has 9 heteroatoms. The van der Waals surface area contributed by atoms with E-state index in [1.807, 2.05) is 4.90 Å². The Kier molecular flexibility index (Phi) is 9.13. The van der Waals surface area contributed by atoms with E-state index in [1.165, 1.54) is 12.8 Å². The predicted octanol–water partition coefficient (Wildman–Crippen LogP) is 9.20. The van der Waals surface area contributed by atoms with E-state index in [2.05, 4.69) is 83.1 Å². The molecule has 52 heavy (non-hydrogen) atoms. The number of rotatable bonds is 4. The van der Waals surface area contributed by atoms with Crippen molar-refractivity contribution in [1.29, 1.82) is 0 Å². The van der Waals surface area contributed by atoms with E-state index in [1.54, 1.807) is 0 Å². The molecule has 1 amide bonds. The zero-order valence-electron chi connectivity index (χ0n) is 34.5. The van der Waals surface area contributed by atoms with Gasteiger partial charge in [0.2, 0.25) is 0 Å². The van der Waals surface area contributed by atoms with Gasteiger partial charge in [-0.1, -0.05) is 27.7 Å². The van der Waals surface area contributed by atoms with Crippen LogP contribution in [-0.4, -0.2) is 75.0 Å². The van der Waals surface area contributed by atoms with Crippen molar-refractivity contribution in [2.75, 3.05) is 0 Å². The van der Waals surface area contributed by atoms with Crippen molar-refractivity contribution in [1.82, 2.24) is 4.90 Å². The number of carbonyl (C=O) groups is 1. The molecule has 9 nitrogen and oxygen atoms in total. The van der Waals surface area contributed by atoms with Crippen LogP contribution in [0.5, 0.6) is 0 Å². The van der Waals surface area contributed by atoms with E-state index in [0.717, 1.165) is 51.4 Å². The number of hydrogen-bond acceptors (Lipinski definition) is 8. The lowest BCUT2D eigenvalue weighted by molar-refractivity contribution is -0.491. The quantitative estimate of drug-likeness (QED) is 0.265. The molecule has 17 atom stereocenters. The molecular formula is C43H71NO8. The summed E-state index contributed by atoms with van der Waals surface area (Å²) in [5.41, 5.74) is -2.50. The molecule has 4 saturated carbocycles. The van der Waals surface area contributed by atoms with Crippen molar-refractivity contribution in [3.05, 3.63) is 0 Å². The van der Waals surface area contributed by atoms with Crippen LogP contribution in [0.25, 0.3) is 0 Å². The largest absolute Gasteiger partial charge is 0.443 e. The van der Waals surface area contributed by atoms with E-state index >= 15 is 0 Å². The second-order valence-electron chi connectivity index (χ2n) is 21.8. The highest BCUT2D eigenvalue weighted by molar-refractivity contribution is 5.70. The third kappa shape index (κ3) is 5.69. The van der Waals surface area contributed by atoms with E-state index in [9.17, 15) is 4.79 Å². The summed E-state index contributed by atoms with van der Waals surface area (Å²) in [6.45, 7) is 26.4. The molecule has 2 spiro atoms. The van der Waals surface area contributed by atoms with Gasteiger partial charge in [-0.25, -0.2) is 24.3 Å². The first kappa shape index (κ1) is 37.9. The van der Waals surface area contributed by atoms with Gasteiger partial charge in [0.15, 0.2) is 0 Å². The first-order valence-electron chi connectivity index (χ1n) is 21.3. The molecule has 1 unspecified atom stereocenters. The number of ether oxygens (including phenoxy) is 3. The van der Waals surface area contributed by atoms with Crippen molar-refractivity contribution in [3.63, 3.8) is 0 Å². The minimum atomic E-state index is -0.490. The average Bonchev–Trinajstić information content (AvgIpc) is 3.41. The molecule has 0 aromatic heterocycles. The molecule has 0 aromatic carbocycles. The van der Waals surface area contributed by atoms with E-state index in [-0.39, 0.29) is 59.5 Å². The summed E-state index contributed by atoms with van der Waals surface area (Å²) in [4.78, 5) is 42.5. The van der Waals surface area contributed by atoms with Crippen molar-refractivity contribution in [3.8, 4) is 0 Å². The lowest BCUT2D eigenvalue weighted by Gasteiger charge is -2.63. The number of carbonyl (C=O) groups excluding carboxylic acids is 1. The highest BCUT2D eigenvalue weighted by Gasteiger charge is 2.71. The number of fused-ring (bicyclic) bond motifs is 4. The summed E-state index contributed by atoms with van der Waals surface area (Å²) in [5, 5.41) is 0. The standard InChI is InChI=1S/C43H71NO8/c1-24-13-15-30-26(3)32(46-34-22-40(11)19-17-28(24)42(30,34)51-49-40)21-33(47-37(45)44(38(5,6)7)39(8,9)10)36-27(4)31-16-14-25(2)29-18-20-41(12)23-35(48-36)43(29,31)52-50-41/h24-36H,13-23H2,1-12H3/t24-,25-,26-,27-,28+,29+,30+,31+,32-,33+,34-,35-,36?,40+,41+,42-,43-/m1/s1. The summed E-state index contributed by atoms with van der Waals surface area (Å²) in [6, 6.07) is 0. The molecule has 296 valence electrons. The number of nitrogens with zero attached hydrogens (tertiary/aromatic N) is 1. The molecule has 6 saturated heterocycles. The topological polar surface area (TPSA) is 84.9 Å². The van der Waals surface area contributed by atoms with Crippen molar-refractivity contribution in [2.45, 2.75) is 218 Å². The Bertz CT molecular complexity index is 1360. The Morgan fingerprint density at radius 2 is 1.15 bits per heavy atom. The Morgan fingerprint density at radius 3 is 1.65 bits per heavy atom. The van der Waals surface area contributed by atoms with E-state index < -0.39 is 28.4 Å². The third-order valence-corrected chi connectivity index (χ3v) is 16.2. The van der Waals surface area contributed by atoms with Gasteiger partial charge in [0.25, 0.3) is 0 Å². The fourth-order valence-electron chi connectivity index (χ4n) is 13.9. The molecule has 0 N–H and O–H groups in total. The van der Waals surface area contributed by atoms with Crippen molar-refractivity contribution >= 4 is 6.09 Å². The maximum absolute atomic E-state index is 14.6. The summed E-state index contributed by atoms with van der Waals surface area (Å²) >= 11 is 0. The van der Waals surface area contributed by atoms with Crippen LogP contribution in [0.1, 0.15) is 154 Å². The smallest absolute Gasteiger partial charge is 0.411 e. The van der Waals surface area contributed by atoms with Gasteiger partial charge in [-0.3, -0.25) is 4.90 Å². The lowest BCUT2D eigenvalue weighted by Crippen LogP contribution is -2.71. The number of amides is 1. The summed E-state index contributed by atoms with van der Waals surface area (Å²) < 4.78 is 21.7. The molecule has 10 fully saturated rings. The maximum atomic E-state index is 14.6. The Hall–Kier alpha value is -0.970. The molecule has 6 heterocycles. The molecule has 4 bridgehead atoms. The monoisotopic (exact) mass is 730 g/mol. The Balaban J connectivity index is 1.15. The van der Waals surface area contributed by atoms with Gasteiger partial charge in [-0.15, -0.1) is 0 Å². The Labute approximate surface area is 314 Å². The number of hydrogen-bond donors (Lipinski definition) is 0. The van der Waals surface area contributed by atoms with Crippen LogP contribution in [0, 0.1) is 47.3 Å². The van der Waals surface area contributed by atoms with E-state index in [4.69, 9.17) is 33.8 Å². The zero-order chi connectivity index (χ0) is 37.4. The highest BCUT2D eigenvalue weighted by Crippen LogP contribution is 2.64. The maximum Gasteiger partial charge on any atom is 0.411 e. The average molecular weight is 730 g/mol. The second kappa shape index (κ2) is 12.5. The lowest BCUT2D eigenvalue weighted by atomic mass is 9.55. The first-order chi connectivity index (χ1) is 24.2. The van der Waals surface area contributed by atoms with Crippen molar-refractivity contribution in [2.24, 2.45) is 47.3 Å². The van der Waals surface area contributed by atoms with Crippen LogP contribution >= 0.6 is 0 Å². The molecular weight excluding hydrogens is 658 g/mol. The minimum absolute atomic E-state index is 0.0543. The predicted molar refractivity (Wildman–Crippen MR) is 197 cm³/mol. The van der Waals surface area contributed by atoms with Crippen molar-refractivity contribution < 1.29 is 38.6 Å². The normalized spacial score (nSPS) is 51.8. The van der Waals surface area contributed by atoms with Gasteiger partial charge < -0.3 is 14.2 Å². The van der Waals surface area contributed by atoms with Gasteiger partial charge >= 0.3 is 6.09 Å². The highest BCUT2D eigenvalue weighted by atomic mass is 17.2. The summed E-state index contributed by atoms with van der Waals surface area (Å²) in [7, 11) is 0. The molecule has 0 aromatic rings. The molecule has 10 aliphatic rings. The fraction of sp³-hybridized carbons (Fsp3) is 0.977. The molecule has 4 aliphatic carbocycles. The van der Waals surface area contributed by atoms with Crippen LogP contribution in [-0.2, 0) is 33.8 Å². The van der Waals surface area contributed by atoms with E-state index in [0.29, 0.717) is 36.0 Å². The summed E-state index contributed by atoms with van der Waals surface area (Å²) in [5.74, 6) is 2.78. The second-order valence-corrected chi connectivity index (χ2v) is 21.8. The minimum Gasteiger partial charge on any atom is -0.443 e. The SMILES string of the molecule is C[C@H]1[C@@H](C[C@H](OC(=O)N(C(C)(C)C)C(C)(C)C)C2O[C@@H]3C[C@]4(C)CC[C@H]5[C@H](C)CC[C@@H]([C@H]2C)[C@@]35OO4)O[C@@H]2C[C@]3(C)CC[C@H]4[C@H](C)CC[C@@H]1[C@@]24OO3. The zero-order valence-corrected chi connectivity index (χ0v) is 34.5. The Morgan fingerprint density at radius 1 is 0.673 bits per heavy atom. The van der Waals surface area contributed by atoms with Crippen LogP contribution in [0.3, 0.4) is 0 Å². The van der Waals surface area contributed by atoms with Crippen LogP contribution in [0.15, 0.2) is 0 Å². The van der Waals surface area contributed by atoms with Gasteiger partial charge in [-0.2, -0.15) is 0 Å². The van der Waals surface area contributed by atoms with Gasteiger partial charge in [0.1, 0.15) is 28.5 Å². The van der Waals surface area contributed by atoms with Gasteiger partial charge in [0, 0.05) is 30.3 Å². The van der Waals surface area contributed by atoms with Gasteiger partial charge in [0.05, 0.1) is 24.4 Å². The van der Waals surface area contributed by atoms with Crippen LogP contribution < -0.4 is 0 Å². The van der Waals surface area contributed by atoms with Crippen LogP contribution in [0.2, 0.25) is 0 Å². The summed E-state index contributed by atoms with van der Waals surface area (Å²) in [6.07, 6.45) is 9.57.